The van der Waals surface area contributed by atoms with Crippen molar-refractivity contribution < 1.29 is 35.5 Å². The first-order valence-corrected chi connectivity index (χ1v) is 15.3. The fourth-order valence-corrected chi connectivity index (χ4v) is 5.34. The zero-order chi connectivity index (χ0) is 32.8. The van der Waals surface area contributed by atoms with E-state index in [2.05, 4.69) is 4.72 Å². The lowest BCUT2D eigenvalue weighted by atomic mass is 9.84. The number of alkyl halides is 3. The third-order valence-electron chi connectivity index (χ3n) is 7.38. The maximum Gasteiger partial charge on any atom is 0.394 e. The highest BCUT2D eigenvalue weighted by molar-refractivity contribution is 7.92. The number of nitrogens with zero attached hydrogens (tertiary/aromatic N) is 1. The Morgan fingerprint density at radius 1 is 0.955 bits per heavy atom. The fourth-order valence-electron chi connectivity index (χ4n) is 4.71. The van der Waals surface area contributed by atoms with E-state index in [4.69, 9.17) is 4.74 Å². The number of sulfonamides is 1. The van der Waals surface area contributed by atoms with E-state index in [1.54, 1.807) is 20.8 Å². The normalized spacial score (nSPS) is 12.4. The molecule has 4 aromatic rings. The molecule has 234 valence electrons. The molecule has 0 saturated carbocycles. The molecule has 0 radical (unpaired) electrons. The van der Waals surface area contributed by atoms with Crippen LogP contribution >= 0.6 is 0 Å². The van der Waals surface area contributed by atoms with Gasteiger partial charge < -0.3 is 9.30 Å². The van der Waals surface area contributed by atoms with Gasteiger partial charge in [0.2, 0.25) is 10.0 Å². The number of ketones is 1. The molecule has 0 atom stereocenters. The smallest absolute Gasteiger partial charge is 0.394 e. The van der Waals surface area contributed by atoms with Crippen LogP contribution in [0.3, 0.4) is 0 Å². The SMILES string of the molecule is CCS(=O)(=O)Nc1ccc(Oc2c(C)cc(F)cc2C)c(-n2cc(C)c(=O)c3ccc(C(=O)CC(C)(C)C(F)(F)F)cc32)c1. The number of carbonyl (C=O) groups is 1. The summed E-state index contributed by atoms with van der Waals surface area (Å²) in [5, 5.41) is 0.177. The molecule has 3 aromatic carbocycles. The number of fused-ring (bicyclic) bond motifs is 1. The molecule has 1 aromatic heterocycles. The Labute approximate surface area is 252 Å². The lowest BCUT2D eigenvalue weighted by molar-refractivity contribution is -0.210. The number of carbonyl (C=O) groups excluding carboxylic acids is 1. The number of hydrogen-bond acceptors (Lipinski definition) is 5. The summed E-state index contributed by atoms with van der Waals surface area (Å²) in [5.74, 6) is -0.880. The van der Waals surface area contributed by atoms with E-state index in [0.717, 1.165) is 13.8 Å². The van der Waals surface area contributed by atoms with Crippen LogP contribution in [0.25, 0.3) is 16.6 Å². The van der Waals surface area contributed by atoms with Crippen LogP contribution < -0.4 is 14.9 Å². The number of nitrogens with one attached hydrogen (secondary N) is 1. The topological polar surface area (TPSA) is 94.5 Å². The van der Waals surface area contributed by atoms with Crippen LogP contribution in [0, 0.1) is 32.0 Å². The van der Waals surface area contributed by atoms with Crippen molar-refractivity contribution in [2.75, 3.05) is 10.5 Å². The van der Waals surface area contributed by atoms with Gasteiger partial charge in [-0.05, 0) is 81.3 Å². The first kappa shape index (κ1) is 32.7. The van der Waals surface area contributed by atoms with E-state index in [0.29, 0.717) is 22.4 Å². The van der Waals surface area contributed by atoms with E-state index < -0.39 is 39.6 Å². The second-order valence-corrected chi connectivity index (χ2v) is 13.4. The van der Waals surface area contributed by atoms with Gasteiger partial charge in [-0.2, -0.15) is 13.2 Å². The Hall–Kier alpha value is -4.19. The highest BCUT2D eigenvalue weighted by Crippen LogP contribution is 2.41. The van der Waals surface area contributed by atoms with Crippen molar-refractivity contribution in [3.63, 3.8) is 0 Å². The van der Waals surface area contributed by atoms with Gasteiger partial charge in [0.25, 0.3) is 0 Å². The van der Waals surface area contributed by atoms with Crippen molar-refractivity contribution in [1.29, 1.82) is 0 Å². The van der Waals surface area contributed by atoms with Gasteiger partial charge in [-0.15, -0.1) is 0 Å². The van der Waals surface area contributed by atoms with Crippen molar-refractivity contribution in [3.8, 4) is 17.2 Å². The molecule has 0 amide bonds. The minimum atomic E-state index is -4.62. The Balaban J connectivity index is 1.97. The van der Waals surface area contributed by atoms with Crippen LogP contribution in [0.2, 0.25) is 0 Å². The summed E-state index contributed by atoms with van der Waals surface area (Å²) in [5.41, 5.74) is -0.802. The average Bonchev–Trinajstić information content (AvgIpc) is 2.92. The van der Waals surface area contributed by atoms with Gasteiger partial charge in [0, 0.05) is 29.1 Å². The molecule has 0 spiro atoms. The molecule has 0 aliphatic heterocycles. The number of pyridine rings is 1. The number of Topliss-reactive ketones (excluding diaryl/α,β-unsaturated/α-hetero) is 1. The number of ether oxygens (including phenoxy) is 1. The molecule has 12 heteroatoms. The van der Waals surface area contributed by atoms with E-state index in [1.807, 2.05) is 0 Å². The van der Waals surface area contributed by atoms with Gasteiger partial charge in [-0.1, -0.05) is 19.9 Å². The summed E-state index contributed by atoms with van der Waals surface area (Å²) in [6.45, 7) is 8.25. The molecule has 44 heavy (non-hydrogen) atoms. The minimum Gasteiger partial charge on any atom is -0.455 e. The number of aryl methyl sites for hydroxylation is 3. The summed E-state index contributed by atoms with van der Waals surface area (Å²) in [7, 11) is -3.69. The molecule has 0 saturated heterocycles. The molecule has 4 rings (SSSR count). The molecule has 0 aliphatic rings. The Morgan fingerprint density at radius 3 is 2.18 bits per heavy atom. The maximum absolute atomic E-state index is 14.0. The zero-order valence-corrected chi connectivity index (χ0v) is 25.8. The van der Waals surface area contributed by atoms with Crippen LogP contribution in [0.15, 0.2) is 59.5 Å². The van der Waals surface area contributed by atoms with Crippen LogP contribution in [0.1, 0.15) is 54.2 Å². The van der Waals surface area contributed by atoms with E-state index in [-0.39, 0.29) is 44.8 Å². The second kappa shape index (κ2) is 11.7. The Bertz CT molecular complexity index is 1920. The van der Waals surface area contributed by atoms with E-state index in [9.17, 15) is 35.6 Å². The van der Waals surface area contributed by atoms with Crippen LogP contribution in [0.5, 0.6) is 11.5 Å². The molecular weight excluding hydrogens is 600 g/mol. The van der Waals surface area contributed by atoms with Gasteiger partial charge in [0.05, 0.1) is 28.1 Å². The van der Waals surface area contributed by atoms with Crippen LogP contribution in [0.4, 0.5) is 23.2 Å². The summed E-state index contributed by atoms with van der Waals surface area (Å²) in [6, 6.07) is 11.1. The van der Waals surface area contributed by atoms with Gasteiger partial charge in [-0.3, -0.25) is 14.3 Å². The molecular formula is C32H32F4N2O5S. The number of rotatable bonds is 9. The fraction of sp³-hybridized carbons (Fsp3) is 0.312. The minimum absolute atomic E-state index is 0.0395. The number of halogens is 4. The molecule has 0 aliphatic carbocycles. The first-order chi connectivity index (χ1) is 20.3. The molecule has 1 N–H and O–H groups in total. The second-order valence-electron chi connectivity index (χ2n) is 11.4. The summed E-state index contributed by atoms with van der Waals surface area (Å²) in [4.78, 5) is 26.2. The third-order valence-corrected chi connectivity index (χ3v) is 8.69. The molecule has 7 nitrogen and oxygen atoms in total. The highest BCUT2D eigenvalue weighted by Gasteiger charge is 2.48. The predicted molar refractivity (Wildman–Crippen MR) is 162 cm³/mol. The Morgan fingerprint density at radius 2 is 1.59 bits per heavy atom. The summed E-state index contributed by atoms with van der Waals surface area (Å²) < 4.78 is 89.7. The van der Waals surface area contributed by atoms with Crippen molar-refractivity contribution in [1.82, 2.24) is 4.57 Å². The first-order valence-electron chi connectivity index (χ1n) is 13.7. The van der Waals surface area contributed by atoms with E-state index in [1.165, 1.54) is 66.2 Å². The van der Waals surface area contributed by atoms with Crippen molar-refractivity contribution in [2.45, 2.75) is 54.1 Å². The average molecular weight is 633 g/mol. The molecule has 0 bridgehead atoms. The van der Waals surface area contributed by atoms with Gasteiger partial charge in [-0.25, -0.2) is 12.8 Å². The molecule has 0 fully saturated rings. The number of hydrogen-bond donors (Lipinski definition) is 1. The number of anilines is 1. The number of benzene rings is 3. The van der Waals surface area contributed by atoms with Crippen molar-refractivity contribution in [2.24, 2.45) is 5.41 Å². The third kappa shape index (κ3) is 6.64. The Kier molecular flexibility index (Phi) is 8.71. The van der Waals surface area contributed by atoms with Crippen LogP contribution in [-0.2, 0) is 10.0 Å². The number of aromatic nitrogens is 1. The monoisotopic (exact) mass is 632 g/mol. The summed E-state index contributed by atoms with van der Waals surface area (Å²) >= 11 is 0. The highest BCUT2D eigenvalue weighted by atomic mass is 32.2. The van der Waals surface area contributed by atoms with Gasteiger partial charge >= 0.3 is 6.18 Å². The van der Waals surface area contributed by atoms with Crippen molar-refractivity contribution >= 4 is 32.4 Å². The predicted octanol–water partition coefficient (Wildman–Crippen LogP) is 7.77. The van der Waals surface area contributed by atoms with Crippen LogP contribution in [-0.4, -0.2) is 30.7 Å². The lowest BCUT2D eigenvalue weighted by Gasteiger charge is -2.27. The van der Waals surface area contributed by atoms with Gasteiger partial charge in [0.1, 0.15) is 11.6 Å². The zero-order valence-electron chi connectivity index (χ0n) is 25.0. The summed E-state index contributed by atoms with van der Waals surface area (Å²) in [6.07, 6.45) is -3.96. The maximum atomic E-state index is 14.0. The van der Waals surface area contributed by atoms with Gasteiger partial charge in [0.15, 0.2) is 17.0 Å². The largest absolute Gasteiger partial charge is 0.455 e. The molecule has 1 heterocycles. The quantitative estimate of drug-likeness (QED) is 0.150. The van der Waals surface area contributed by atoms with Crippen molar-refractivity contribution in [3.05, 3.63) is 93.0 Å². The lowest BCUT2D eigenvalue weighted by Crippen LogP contribution is -2.34. The standard InChI is InChI=1S/C32H32F4N2O5S/c1-7-44(41,42)37-23-9-11-28(43-30-18(2)12-22(33)13-19(30)3)26(15-23)38-17-20(4)29(40)24-10-8-21(14-25(24)38)27(39)16-31(5,6)32(34,35)36/h8-15,17,37H,7,16H2,1-6H3. The molecule has 0 unspecified atom stereocenters. The van der Waals surface area contributed by atoms with E-state index >= 15 is 0 Å².